The van der Waals surface area contributed by atoms with Gasteiger partial charge in [0.25, 0.3) is 0 Å². The maximum atomic E-state index is 12.8. The third kappa shape index (κ3) is 5.05. The van der Waals surface area contributed by atoms with Crippen LogP contribution in [0.15, 0.2) is 10.6 Å². The number of amides is 1. The molecule has 1 amide bonds. The number of carbonyl (C=O) groups is 1. The maximum Gasteiger partial charge on any atom is 0.246 e. The highest BCUT2D eigenvalue weighted by Gasteiger charge is 2.35. The fourth-order valence-corrected chi connectivity index (χ4v) is 3.07. The molecule has 0 spiro atoms. The average Bonchev–Trinajstić information content (AvgIpc) is 3.05. The lowest BCUT2D eigenvalue weighted by Gasteiger charge is -2.37. The Balaban J connectivity index is 1.97. The van der Waals surface area contributed by atoms with Crippen LogP contribution in [0.1, 0.15) is 46.2 Å². The molecule has 7 nitrogen and oxygen atoms in total. The van der Waals surface area contributed by atoms with Crippen LogP contribution in [-0.2, 0) is 19.7 Å². The first kappa shape index (κ1) is 20.9. The molecule has 1 aliphatic heterocycles. The summed E-state index contributed by atoms with van der Waals surface area (Å²) in [5.41, 5.74) is -0.188. The minimum atomic E-state index is -0.659. The lowest BCUT2D eigenvalue weighted by Crippen LogP contribution is -2.52. The first-order valence-electron chi connectivity index (χ1n) is 9.23. The summed E-state index contributed by atoms with van der Waals surface area (Å²) in [6.45, 7) is 10.9. The summed E-state index contributed by atoms with van der Waals surface area (Å²) in [5.74, 6) is 0.813. The van der Waals surface area contributed by atoms with Gasteiger partial charge in [-0.3, -0.25) is 15.0 Å². The first-order chi connectivity index (χ1) is 12.2. The van der Waals surface area contributed by atoms with E-state index in [4.69, 9.17) is 14.0 Å². The molecule has 1 aromatic heterocycles. The fourth-order valence-electron chi connectivity index (χ4n) is 3.07. The molecule has 1 aliphatic rings. The van der Waals surface area contributed by atoms with Crippen molar-refractivity contribution in [1.82, 2.24) is 10.1 Å². The molecule has 1 N–H and O–H groups in total. The number of carbonyl (C=O) groups excluding carboxylic acids is 1. The molecule has 0 aliphatic carbocycles. The quantitative estimate of drug-likeness (QED) is 0.761. The number of methoxy groups -OCH3 is 1. The Labute approximate surface area is 156 Å². The highest BCUT2D eigenvalue weighted by Crippen LogP contribution is 2.26. The molecule has 0 unspecified atom stereocenters. The van der Waals surface area contributed by atoms with Crippen LogP contribution in [0.2, 0.25) is 0 Å². The van der Waals surface area contributed by atoms with E-state index in [1.54, 1.807) is 13.2 Å². The standard InChI is InChI=1S/C19H33N3O4/c1-18(2,13-24-6)15-11-16(26-21-15)20-17(23)19(3,4)22(5)12-14-7-9-25-10-8-14/h11,14H,7-10,12-13H2,1-6H3,(H,20,23). The molecule has 1 aromatic rings. The molecule has 2 heterocycles. The van der Waals surface area contributed by atoms with Crippen LogP contribution in [0.25, 0.3) is 0 Å². The molecule has 0 radical (unpaired) electrons. The topological polar surface area (TPSA) is 76.8 Å². The van der Waals surface area contributed by atoms with Crippen molar-refractivity contribution in [3.8, 4) is 0 Å². The highest BCUT2D eigenvalue weighted by molar-refractivity contribution is 5.96. The van der Waals surface area contributed by atoms with Gasteiger partial charge in [-0.25, -0.2) is 0 Å². The van der Waals surface area contributed by atoms with Gasteiger partial charge in [-0.05, 0) is 39.7 Å². The molecular weight excluding hydrogens is 334 g/mol. The predicted octanol–water partition coefficient (Wildman–Crippen LogP) is 2.67. The van der Waals surface area contributed by atoms with E-state index >= 15 is 0 Å². The molecule has 1 fully saturated rings. The Morgan fingerprint density at radius 1 is 1.35 bits per heavy atom. The van der Waals surface area contributed by atoms with E-state index in [-0.39, 0.29) is 11.3 Å². The SMILES string of the molecule is COCC(C)(C)c1cc(NC(=O)C(C)(C)N(C)CC2CCOCC2)on1. The zero-order valence-electron chi connectivity index (χ0n) is 16.9. The number of hydrogen-bond acceptors (Lipinski definition) is 6. The van der Waals surface area contributed by atoms with E-state index in [9.17, 15) is 4.79 Å². The van der Waals surface area contributed by atoms with Crippen molar-refractivity contribution < 1.29 is 18.8 Å². The van der Waals surface area contributed by atoms with Crippen molar-refractivity contribution in [1.29, 1.82) is 0 Å². The second kappa shape index (κ2) is 8.50. The smallest absolute Gasteiger partial charge is 0.246 e. The van der Waals surface area contributed by atoms with Crippen molar-refractivity contribution in [3.05, 3.63) is 11.8 Å². The van der Waals surface area contributed by atoms with Gasteiger partial charge >= 0.3 is 0 Å². The van der Waals surface area contributed by atoms with Gasteiger partial charge in [0, 0.05) is 38.3 Å². The van der Waals surface area contributed by atoms with E-state index < -0.39 is 5.54 Å². The summed E-state index contributed by atoms with van der Waals surface area (Å²) in [5, 5.41) is 6.94. The van der Waals surface area contributed by atoms with Gasteiger partial charge in [-0.15, -0.1) is 0 Å². The van der Waals surface area contributed by atoms with Crippen LogP contribution >= 0.6 is 0 Å². The van der Waals surface area contributed by atoms with Crippen molar-refractivity contribution >= 4 is 11.8 Å². The van der Waals surface area contributed by atoms with Crippen LogP contribution < -0.4 is 5.32 Å². The van der Waals surface area contributed by atoms with Crippen LogP contribution in [0.4, 0.5) is 5.88 Å². The maximum absolute atomic E-state index is 12.8. The van der Waals surface area contributed by atoms with Crippen LogP contribution in [-0.4, -0.2) is 62.0 Å². The Hall–Kier alpha value is -1.44. The van der Waals surface area contributed by atoms with Crippen LogP contribution in [0.3, 0.4) is 0 Å². The average molecular weight is 367 g/mol. The van der Waals surface area contributed by atoms with Crippen LogP contribution in [0.5, 0.6) is 0 Å². The van der Waals surface area contributed by atoms with E-state index in [1.807, 2.05) is 34.7 Å². The van der Waals surface area contributed by atoms with Crippen LogP contribution in [0, 0.1) is 5.92 Å². The number of hydrogen-bond donors (Lipinski definition) is 1. The number of aromatic nitrogens is 1. The van der Waals surface area contributed by atoms with E-state index in [2.05, 4.69) is 15.4 Å². The molecule has 26 heavy (non-hydrogen) atoms. The number of anilines is 1. The lowest BCUT2D eigenvalue weighted by atomic mass is 9.90. The normalized spacial score (nSPS) is 16.9. The van der Waals surface area contributed by atoms with Gasteiger partial charge in [0.15, 0.2) is 0 Å². The van der Waals surface area contributed by atoms with Crippen molar-refractivity contribution in [3.63, 3.8) is 0 Å². The predicted molar refractivity (Wildman–Crippen MR) is 100 cm³/mol. The summed E-state index contributed by atoms with van der Waals surface area (Å²) < 4.78 is 16.0. The van der Waals surface area contributed by atoms with Crippen molar-refractivity contribution in [2.75, 3.05) is 45.8 Å². The fraction of sp³-hybridized carbons (Fsp3) is 0.789. The Kier molecular flexibility index (Phi) is 6.82. The second-order valence-corrected chi connectivity index (χ2v) is 8.34. The summed E-state index contributed by atoms with van der Waals surface area (Å²) >= 11 is 0. The monoisotopic (exact) mass is 367 g/mol. The van der Waals surface area contributed by atoms with Gasteiger partial charge in [0.05, 0.1) is 17.8 Å². The third-order valence-electron chi connectivity index (χ3n) is 5.33. The molecule has 0 saturated carbocycles. The minimum Gasteiger partial charge on any atom is -0.384 e. The van der Waals surface area contributed by atoms with Crippen molar-refractivity contribution in [2.24, 2.45) is 5.92 Å². The Bertz CT molecular complexity index is 591. The molecule has 0 aromatic carbocycles. The van der Waals surface area contributed by atoms with Gasteiger partial charge in [-0.1, -0.05) is 19.0 Å². The Morgan fingerprint density at radius 2 is 2.00 bits per heavy atom. The minimum absolute atomic E-state index is 0.112. The van der Waals surface area contributed by atoms with Gasteiger partial charge in [-0.2, -0.15) is 0 Å². The number of nitrogens with zero attached hydrogens (tertiary/aromatic N) is 2. The molecule has 148 valence electrons. The van der Waals surface area contributed by atoms with E-state index in [1.165, 1.54) is 0 Å². The second-order valence-electron chi connectivity index (χ2n) is 8.34. The molecule has 0 bridgehead atoms. The summed E-state index contributed by atoms with van der Waals surface area (Å²) in [7, 11) is 3.64. The summed E-state index contributed by atoms with van der Waals surface area (Å²) in [6, 6.07) is 1.77. The molecular formula is C19H33N3O4. The first-order valence-corrected chi connectivity index (χ1v) is 9.23. The number of rotatable bonds is 8. The largest absolute Gasteiger partial charge is 0.384 e. The molecule has 0 atom stereocenters. The third-order valence-corrected chi connectivity index (χ3v) is 5.33. The molecule has 7 heteroatoms. The number of likely N-dealkylation sites (N-methyl/N-ethyl adjacent to an activating group) is 1. The summed E-state index contributed by atoms with van der Waals surface area (Å²) in [6.07, 6.45) is 2.09. The van der Waals surface area contributed by atoms with E-state index in [0.29, 0.717) is 18.4 Å². The van der Waals surface area contributed by atoms with Crippen molar-refractivity contribution in [2.45, 2.75) is 51.5 Å². The highest BCUT2D eigenvalue weighted by atomic mass is 16.5. The lowest BCUT2D eigenvalue weighted by molar-refractivity contribution is -0.126. The van der Waals surface area contributed by atoms with E-state index in [0.717, 1.165) is 38.3 Å². The zero-order chi connectivity index (χ0) is 19.4. The number of nitrogens with one attached hydrogen (secondary N) is 1. The molecule has 2 rings (SSSR count). The van der Waals surface area contributed by atoms with Gasteiger partial charge < -0.3 is 14.0 Å². The molecule has 1 saturated heterocycles. The van der Waals surface area contributed by atoms with Gasteiger partial charge in [0.1, 0.15) is 0 Å². The zero-order valence-corrected chi connectivity index (χ0v) is 16.9. The summed E-state index contributed by atoms with van der Waals surface area (Å²) in [4.78, 5) is 14.9. The Morgan fingerprint density at radius 3 is 2.62 bits per heavy atom. The number of ether oxygens (including phenoxy) is 2. The van der Waals surface area contributed by atoms with Gasteiger partial charge in [0.2, 0.25) is 11.8 Å².